The van der Waals surface area contributed by atoms with Gasteiger partial charge in [0.15, 0.2) is 5.78 Å². The summed E-state index contributed by atoms with van der Waals surface area (Å²) in [6, 6.07) is 13.7. The molecule has 0 fully saturated rings. The van der Waals surface area contributed by atoms with Crippen molar-refractivity contribution in [3.05, 3.63) is 71.8 Å². The van der Waals surface area contributed by atoms with Gasteiger partial charge in [0.2, 0.25) is 18.1 Å². The number of Topliss-reactive ketones (excluding diaryl/α,β-unsaturated/α-hetero) is 1. The van der Waals surface area contributed by atoms with Crippen LogP contribution in [-0.4, -0.2) is 72.7 Å². The summed E-state index contributed by atoms with van der Waals surface area (Å²) in [4.78, 5) is 73.7. The van der Waals surface area contributed by atoms with Gasteiger partial charge in [-0.3, -0.25) is 9.59 Å². The Morgan fingerprint density at radius 2 is 1.28 bits per heavy atom. The van der Waals surface area contributed by atoms with Crippen LogP contribution in [0.15, 0.2) is 60.7 Å². The highest BCUT2D eigenvalue weighted by Crippen LogP contribution is 2.16. The molecular formula is C24H24N2O10. The number of rotatable bonds is 11. The monoisotopic (exact) mass is 500 g/mol. The smallest absolute Gasteiger partial charge is 0.405 e. The standard InChI is InChI=1S/C24H24N2O10/c1-14(26-17(27)13-25-24(32)33)18(28)19(35-21(29)15-9-5-3-6-10-15)20(23(31)34-2)36-22(30)16-11-7-4-8-12-16/h3-12,14,19-20,25H,13H2,1-2H3,(H,26,27)(H,32,33)/t14-,19+,20-/m0/s1. The number of ketones is 1. The van der Waals surface area contributed by atoms with Crippen LogP contribution >= 0.6 is 0 Å². The molecule has 12 nitrogen and oxygen atoms in total. The second kappa shape index (κ2) is 13.2. The highest BCUT2D eigenvalue weighted by atomic mass is 16.6. The quantitative estimate of drug-likeness (QED) is 0.298. The Hall–Kier alpha value is -4.74. The maximum absolute atomic E-state index is 13.2. The molecule has 0 saturated carbocycles. The number of benzene rings is 2. The maximum Gasteiger partial charge on any atom is 0.405 e. The minimum atomic E-state index is -2.01. The molecule has 0 aromatic heterocycles. The van der Waals surface area contributed by atoms with E-state index in [1.807, 2.05) is 5.32 Å². The van der Waals surface area contributed by atoms with Gasteiger partial charge in [-0.15, -0.1) is 0 Å². The molecule has 12 heteroatoms. The number of esters is 3. The highest BCUT2D eigenvalue weighted by Gasteiger charge is 2.43. The number of hydrogen-bond acceptors (Lipinski definition) is 9. The SMILES string of the molecule is COC(=O)[C@@H](OC(=O)c1ccccc1)[C@H](OC(=O)c1ccccc1)C(=O)[C@H](C)NC(=O)CNC(=O)O. The van der Waals surface area contributed by atoms with Crippen molar-refractivity contribution in [2.45, 2.75) is 25.2 Å². The second-order valence-electron chi connectivity index (χ2n) is 7.26. The summed E-state index contributed by atoms with van der Waals surface area (Å²) in [6.45, 7) is 0.558. The third-order valence-electron chi connectivity index (χ3n) is 4.68. The number of methoxy groups -OCH3 is 1. The van der Waals surface area contributed by atoms with Crippen LogP contribution < -0.4 is 10.6 Å². The van der Waals surface area contributed by atoms with Crippen molar-refractivity contribution >= 4 is 35.7 Å². The van der Waals surface area contributed by atoms with Crippen molar-refractivity contribution in [3.63, 3.8) is 0 Å². The van der Waals surface area contributed by atoms with Crippen LogP contribution in [0.5, 0.6) is 0 Å². The Morgan fingerprint density at radius 1 is 0.806 bits per heavy atom. The zero-order valence-electron chi connectivity index (χ0n) is 19.3. The summed E-state index contributed by atoms with van der Waals surface area (Å²) >= 11 is 0. The van der Waals surface area contributed by atoms with Gasteiger partial charge in [-0.05, 0) is 31.2 Å². The number of ether oxygens (including phenoxy) is 3. The summed E-state index contributed by atoms with van der Waals surface area (Å²) < 4.78 is 15.2. The van der Waals surface area contributed by atoms with Crippen LogP contribution in [-0.2, 0) is 28.6 Å². The number of carbonyl (C=O) groups is 6. The third kappa shape index (κ3) is 7.94. The van der Waals surface area contributed by atoms with E-state index in [9.17, 15) is 28.8 Å². The molecule has 2 aromatic rings. The largest absolute Gasteiger partial charge is 0.466 e. The molecule has 0 radical (unpaired) electrons. The molecule has 2 amide bonds. The van der Waals surface area contributed by atoms with Gasteiger partial charge in [0.25, 0.3) is 0 Å². The minimum absolute atomic E-state index is 0.0376. The summed E-state index contributed by atoms with van der Waals surface area (Å²) in [6.07, 6.45) is -5.49. The highest BCUT2D eigenvalue weighted by molar-refractivity contribution is 6.00. The summed E-state index contributed by atoms with van der Waals surface area (Å²) in [7, 11) is 0.981. The van der Waals surface area contributed by atoms with E-state index >= 15 is 0 Å². The Kier molecular flexibility index (Phi) is 10.1. The number of nitrogens with one attached hydrogen (secondary N) is 2. The lowest BCUT2D eigenvalue weighted by Crippen LogP contribution is -2.53. The van der Waals surface area contributed by atoms with Crippen LogP contribution in [0.1, 0.15) is 27.6 Å². The lowest BCUT2D eigenvalue weighted by molar-refractivity contribution is -0.162. The molecule has 0 aliphatic carbocycles. The lowest BCUT2D eigenvalue weighted by Gasteiger charge is -2.26. The van der Waals surface area contributed by atoms with Crippen molar-refractivity contribution in [1.29, 1.82) is 0 Å². The van der Waals surface area contributed by atoms with Crippen LogP contribution in [0.3, 0.4) is 0 Å². The average molecular weight is 500 g/mol. The Balaban J connectivity index is 2.35. The molecule has 0 bridgehead atoms. The molecule has 190 valence electrons. The molecule has 0 spiro atoms. The fourth-order valence-electron chi connectivity index (χ4n) is 2.90. The van der Waals surface area contributed by atoms with E-state index in [-0.39, 0.29) is 11.1 Å². The Bertz CT molecular complexity index is 1100. The maximum atomic E-state index is 13.2. The van der Waals surface area contributed by atoms with E-state index in [1.54, 1.807) is 36.4 Å². The predicted molar refractivity (Wildman–Crippen MR) is 122 cm³/mol. The van der Waals surface area contributed by atoms with Crippen molar-refractivity contribution in [3.8, 4) is 0 Å². The van der Waals surface area contributed by atoms with Crippen molar-refractivity contribution in [1.82, 2.24) is 10.6 Å². The molecule has 0 saturated heterocycles. The summed E-state index contributed by atoms with van der Waals surface area (Å²) in [5, 5.41) is 12.7. The summed E-state index contributed by atoms with van der Waals surface area (Å²) in [5.74, 6) is -5.09. The average Bonchev–Trinajstić information content (AvgIpc) is 2.89. The van der Waals surface area contributed by atoms with E-state index in [2.05, 4.69) is 10.1 Å². The van der Waals surface area contributed by atoms with Gasteiger partial charge in [-0.2, -0.15) is 0 Å². The molecule has 0 unspecified atom stereocenters. The predicted octanol–water partition coefficient (Wildman–Crippen LogP) is 0.952. The van der Waals surface area contributed by atoms with Gasteiger partial charge in [-0.1, -0.05) is 36.4 Å². The van der Waals surface area contributed by atoms with E-state index in [0.717, 1.165) is 7.11 Å². The normalized spacial score (nSPS) is 12.7. The topological polar surface area (TPSA) is 174 Å². The number of amides is 2. The first kappa shape index (κ1) is 27.5. The number of carboxylic acid groups (broad SMARTS) is 1. The van der Waals surface area contributed by atoms with Crippen LogP contribution in [0.2, 0.25) is 0 Å². The van der Waals surface area contributed by atoms with Gasteiger partial charge >= 0.3 is 24.0 Å². The molecule has 2 aromatic carbocycles. The molecule has 0 aliphatic heterocycles. The fourth-order valence-corrected chi connectivity index (χ4v) is 2.90. The summed E-state index contributed by atoms with van der Waals surface area (Å²) in [5.41, 5.74) is 0.0868. The van der Waals surface area contributed by atoms with Gasteiger partial charge in [0, 0.05) is 0 Å². The van der Waals surface area contributed by atoms with E-state index in [0.29, 0.717) is 0 Å². The molecule has 36 heavy (non-hydrogen) atoms. The minimum Gasteiger partial charge on any atom is -0.466 e. The Labute approximate surface area is 205 Å². The molecule has 2 rings (SSSR count). The number of hydrogen-bond donors (Lipinski definition) is 3. The molecule has 0 heterocycles. The van der Waals surface area contributed by atoms with Gasteiger partial charge in [0.05, 0.1) is 24.3 Å². The first-order valence-corrected chi connectivity index (χ1v) is 10.5. The van der Waals surface area contributed by atoms with Crippen LogP contribution in [0.25, 0.3) is 0 Å². The zero-order chi connectivity index (χ0) is 26.7. The first-order chi connectivity index (χ1) is 17.1. The van der Waals surface area contributed by atoms with Crippen molar-refractivity contribution in [2.75, 3.05) is 13.7 Å². The molecule has 3 N–H and O–H groups in total. The fraction of sp³-hybridized carbons (Fsp3) is 0.250. The van der Waals surface area contributed by atoms with Crippen molar-refractivity contribution < 1.29 is 48.1 Å². The molecule has 3 atom stereocenters. The van der Waals surface area contributed by atoms with Gasteiger partial charge < -0.3 is 30.0 Å². The van der Waals surface area contributed by atoms with E-state index in [1.165, 1.54) is 31.2 Å². The van der Waals surface area contributed by atoms with Gasteiger partial charge in [0.1, 0.15) is 6.54 Å². The van der Waals surface area contributed by atoms with Crippen LogP contribution in [0.4, 0.5) is 4.79 Å². The lowest BCUT2D eigenvalue weighted by atomic mass is 10.0. The van der Waals surface area contributed by atoms with Crippen LogP contribution in [0, 0.1) is 0 Å². The third-order valence-corrected chi connectivity index (χ3v) is 4.68. The van der Waals surface area contributed by atoms with Crippen molar-refractivity contribution in [2.24, 2.45) is 0 Å². The molecule has 0 aliphatic rings. The Morgan fingerprint density at radius 3 is 1.72 bits per heavy atom. The first-order valence-electron chi connectivity index (χ1n) is 10.5. The van der Waals surface area contributed by atoms with E-state index in [4.69, 9.17) is 14.6 Å². The van der Waals surface area contributed by atoms with E-state index < -0.39 is 60.5 Å². The second-order valence-corrected chi connectivity index (χ2v) is 7.26. The number of carbonyl (C=O) groups excluding carboxylic acids is 5. The molecular weight excluding hydrogens is 476 g/mol. The zero-order valence-corrected chi connectivity index (χ0v) is 19.3. The van der Waals surface area contributed by atoms with Gasteiger partial charge in [-0.25, -0.2) is 19.2 Å².